The number of benzene rings is 1. The van der Waals surface area contributed by atoms with Gasteiger partial charge in [-0.3, -0.25) is 0 Å². The van der Waals surface area contributed by atoms with Crippen molar-refractivity contribution in [2.45, 2.75) is 6.42 Å². The smallest absolute Gasteiger partial charge is 0.0998 e. The quantitative estimate of drug-likeness (QED) is 0.336. The van der Waals surface area contributed by atoms with E-state index in [0.29, 0.717) is 23.6 Å². The molecule has 0 fully saturated rings. The zero-order chi connectivity index (χ0) is 11.8. The molecule has 0 bridgehead atoms. The Labute approximate surface area is 98.4 Å². The molecule has 1 rings (SSSR count). The van der Waals surface area contributed by atoms with Crippen molar-refractivity contribution in [1.82, 2.24) is 0 Å². The molecule has 0 radical (unpaired) electrons. The highest BCUT2D eigenvalue weighted by molar-refractivity contribution is 6.30. The van der Waals surface area contributed by atoms with E-state index < -0.39 is 0 Å². The second-order valence-electron chi connectivity index (χ2n) is 2.99. The van der Waals surface area contributed by atoms with Crippen molar-refractivity contribution in [1.29, 1.82) is 5.26 Å². The zero-order valence-electron chi connectivity index (χ0n) is 8.47. The van der Waals surface area contributed by atoms with E-state index in [0.717, 1.165) is 5.56 Å². The molecule has 0 saturated heterocycles. The molecular formula is C11H9ClN4. The third-order valence-corrected chi connectivity index (χ3v) is 2.13. The molecular weight excluding hydrogens is 224 g/mol. The summed E-state index contributed by atoms with van der Waals surface area (Å²) in [6.45, 7) is 0.419. The van der Waals surface area contributed by atoms with Gasteiger partial charge in [0.1, 0.15) is 0 Å². The summed E-state index contributed by atoms with van der Waals surface area (Å²) in [6, 6.07) is 7.20. The fourth-order valence-corrected chi connectivity index (χ4v) is 1.33. The number of azide groups is 1. The van der Waals surface area contributed by atoms with Gasteiger partial charge in [-0.05, 0) is 29.6 Å². The maximum Gasteiger partial charge on any atom is 0.0998 e. The van der Waals surface area contributed by atoms with Crippen LogP contribution in [0.1, 0.15) is 17.5 Å². The standard InChI is InChI=1S/C11H9ClN4/c12-11-5-4-9(10(7-11)8-13)3-1-2-6-15-16-14/h1,3-5,7H,2,6H2. The lowest BCUT2D eigenvalue weighted by Crippen LogP contribution is -1.82. The molecule has 0 aromatic heterocycles. The zero-order valence-corrected chi connectivity index (χ0v) is 9.22. The molecule has 0 spiro atoms. The van der Waals surface area contributed by atoms with Gasteiger partial charge in [0.15, 0.2) is 0 Å². The van der Waals surface area contributed by atoms with Crippen LogP contribution in [0.2, 0.25) is 5.02 Å². The third kappa shape index (κ3) is 3.66. The fraction of sp³-hybridized carbons (Fsp3) is 0.182. The highest BCUT2D eigenvalue weighted by atomic mass is 35.5. The first kappa shape index (κ1) is 12.1. The minimum atomic E-state index is 0.419. The van der Waals surface area contributed by atoms with Crippen molar-refractivity contribution in [2.75, 3.05) is 6.54 Å². The average molecular weight is 233 g/mol. The fourth-order valence-electron chi connectivity index (χ4n) is 1.16. The molecule has 0 heterocycles. The van der Waals surface area contributed by atoms with Gasteiger partial charge >= 0.3 is 0 Å². The summed E-state index contributed by atoms with van der Waals surface area (Å²) in [4.78, 5) is 2.65. The molecule has 0 aliphatic carbocycles. The molecule has 1 aromatic rings. The molecule has 0 N–H and O–H groups in total. The van der Waals surface area contributed by atoms with Crippen LogP contribution in [0.3, 0.4) is 0 Å². The highest BCUT2D eigenvalue weighted by Gasteiger charge is 1.98. The number of hydrogen-bond acceptors (Lipinski definition) is 2. The van der Waals surface area contributed by atoms with Crippen LogP contribution in [-0.4, -0.2) is 6.54 Å². The summed E-state index contributed by atoms with van der Waals surface area (Å²) in [7, 11) is 0. The largest absolute Gasteiger partial charge is 0.192 e. The van der Waals surface area contributed by atoms with Crippen LogP contribution in [0.15, 0.2) is 29.4 Å². The first-order valence-corrected chi connectivity index (χ1v) is 5.03. The summed E-state index contributed by atoms with van der Waals surface area (Å²) in [5.41, 5.74) is 9.42. The van der Waals surface area contributed by atoms with Crippen LogP contribution >= 0.6 is 11.6 Å². The van der Waals surface area contributed by atoms with Crippen molar-refractivity contribution in [3.8, 4) is 6.07 Å². The van der Waals surface area contributed by atoms with Gasteiger partial charge in [-0.15, -0.1) is 0 Å². The maximum absolute atomic E-state index is 8.87. The minimum absolute atomic E-state index is 0.419. The Morgan fingerprint density at radius 3 is 3.06 bits per heavy atom. The molecule has 0 unspecified atom stereocenters. The molecule has 1 aromatic carbocycles. The van der Waals surface area contributed by atoms with Gasteiger partial charge in [0.25, 0.3) is 0 Å². The third-order valence-electron chi connectivity index (χ3n) is 1.89. The van der Waals surface area contributed by atoms with Gasteiger partial charge in [-0.2, -0.15) is 5.26 Å². The first-order chi connectivity index (χ1) is 7.77. The molecule has 0 saturated carbocycles. The number of halogens is 1. The Kier molecular flexibility index (Phi) is 4.94. The Hall–Kier alpha value is -1.95. The van der Waals surface area contributed by atoms with Crippen LogP contribution in [-0.2, 0) is 0 Å². The highest BCUT2D eigenvalue weighted by Crippen LogP contribution is 2.16. The predicted molar refractivity (Wildman–Crippen MR) is 63.8 cm³/mol. The lowest BCUT2D eigenvalue weighted by atomic mass is 10.1. The van der Waals surface area contributed by atoms with Gasteiger partial charge in [0, 0.05) is 16.5 Å². The van der Waals surface area contributed by atoms with Crippen LogP contribution in [0.4, 0.5) is 0 Å². The van der Waals surface area contributed by atoms with Crippen LogP contribution in [0, 0.1) is 11.3 Å². The van der Waals surface area contributed by atoms with Crippen molar-refractivity contribution < 1.29 is 0 Å². The summed E-state index contributed by atoms with van der Waals surface area (Å²) in [5, 5.41) is 12.8. The van der Waals surface area contributed by atoms with Crippen LogP contribution < -0.4 is 0 Å². The summed E-state index contributed by atoms with van der Waals surface area (Å²) in [6.07, 6.45) is 4.33. The lowest BCUT2D eigenvalue weighted by Gasteiger charge is -1.97. The Morgan fingerprint density at radius 2 is 2.38 bits per heavy atom. The van der Waals surface area contributed by atoms with E-state index in [1.54, 1.807) is 18.2 Å². The van der Waals surface area contributed by atoms with E-state index in [2.05, 4.69) is 16.1 Å². The lowest BCUT2D eigenvalue weighted by molar-refractivity contribution is 0.995. The molecule has 80 valence electrons. The van der Waals surface area contributed by atoms with Gasteiger partial charge < -0.3 is 0 Å². The summed E-state index contributed by atoms with van der Waals surface area (Å²) >= 11 is 5.77. The normalized spacial score (nSPS) is 9.75. The van der Waals surface area contributed by atoms with Crippen molar-refractivity contribution in [3.63, 3.8) is 0 Å². The van der Waals surface area contributed by atoms with Crippen molar-refractivity contribution in [2.24, 2.45) is 5.11 Å². The second-order valence-corrected chi connectivity index (χ2v) is 3.43. The van der Waals surface area contributed by atoms with E-state index in [-0.39, 0.29) is 0 Å². The van der Waals surface area contributed by atoms with Gasteiger partial charge in [0.2, 0.25) is 0 Å². The topological polar surface area (TPSA) is 72.5 Å². The van der Waals surface area contributed by atoms with E-state index in [4.69, 9.17) is 22.4 Å². The monoisotopic (exact) mass is 232 g/mol. The maximum atomic E-state index is 8.87. The Morgan fingerprint density at radius 1 is 1.56 bits per heavy atom. The molecule has 5 heteroatoms. The Bertz CT molecular complexity index is 481. The number of nitrogens with zero attached hydrogens (tertiary/aromatic N) is 4. The number of rotatable bonds is 4. The van der Waals surface area contributed by atoms with E-state index in [1.807, 2.05) is 12.2 Å². The average Bonchev–Trinajstić information content (AvgIpc) is 2.30. The predicted octanol–water partition coefficient (Wildman–Crippen LogP) is 3.93. The van der Waals surface area contributed by atoms with Gasteiger partial charge in [0.05, 0.1) is 11.6 Å². The second kappa shape index (κ2) is 6.52. The molecule has 0 aliphatic rings. The van der Waals surface area contributed by atoms with E-state index in [9.17, 15) is 0 Å². The molecule has 0 atom stereocenters. The van der Waals surface area contributed by atoms with Crippen molar-refractivity contribution in [3.05, 3.63) is 50.9 Å². The van der Waals surface area contributed by atoms with Gasteiger partial charge in [-0.25, -0.2) is 0 Å². The van der Waals surface area contributed by atoms with E-state index >= 15 is 0 Å². The molecule has 4 nitrogen and oxygen atoms in total. The number of hydrogen-bond donors (Lipinski definition) is 0. The number of nitriles is 1. The Balaban J connectivity index is 2.73. The van der Waals surface area contributed by atoms with Gasteiger partial charge in [-0.1, -0.05) is 34.9 Å². The van der Waals surface area contributed by atoms with Crippen LogP contribution in [0.5, 0.6) is 0 Å². The van der Waals surface area contributed by atoms with E-state index in [1.165, 1.54) is 0 Å². The molecule has 0 amide bonds. The van der Waals surface area contributed by atoms with Crippen molar-refractivity contribution >= 4 is 17.7 Å². The summed E-state index contributed by atoms with van der Waals surface area (Å²) in [5.74, 6) is 0. The SMILES string of the molecule is N#Cc1cc(Cl)ccc1C=CCCN=[N+]=[N-]. The van der Waals surface area contributed by atoms with Crippen LogP contribution in [0.25, 0.3) is 16.5 Å². The summed E-state index contributed by atoms with van der Waals surface area (Å²) < 4.78 is 0. The minimum Gasteiger partial charge on any atom is -0.192 e. The first-order valence-electron chi connectivity index (χ1n) is 4.65. The molecule has 16 heavy (non-hydrogen) atoms. The molecule has 0 aliphatic heterocycles.